The molecule has 80 valence electrons. The van der Waals surface area contributed by atoms with Crippen LogP contribution in [0.3, 0.4) is 0 Å². The van der Waals surface area contributed by atoms with Crippen LogP contribution in [-0.2, 0) is 9.53 Å². The number of rotatable bonds is 3. The molecule has 2 N–H and O–H groups in total. The van der Waals surface area contributed by atoms with Crippen LogP contribution in [-0.4, -0.2) is 13.1 Å². The van der Waals surface area contributed by atoms with Crippen LogP contribution in [0.1, 0.15) is 5.56 Å². The van der Waals surface area contributed by atoms with Gasteiger partial charge in [-0.15, -0.1) is 0 Å². The molecular weight excluding hydrogens is 210 g/mol. The minimum absolute atomic E-state index is 0.357. The number of thioether (sulfide) groups is 1. The normalized spacial score (nSPS) is 10.5. The standard InChI is InChI=1S/C11H13NO2S/c1-8-3-4-9(12)7-10(8)15-6-5-11(13)14-2/h3-7H,12H2,1-2H3. The van der Waals surface area contributed by atoms with Crippen LogP contribution in [0.4, 0.5) is 5.69 Å². The third-order valence-electron chi connectivity index (χ3n) is 1.81. The number of esters is 1. The quantitative estimate of drug-likeness (QED) is 0.370. The Bertz CT molecular complexity index is 388. The van der Waals surface area contributed by atoms with Crippen molar-refractivity contribution in [2.45, 2.75) is 11.8 Å². The molecule has 0 radical (unpaired) electrons. The summed E-state index contributed by atoms with van der Waals surface area (Å²) >= 11 is 1.44. The zero-order valence-corrected chi connectivity index (χ0v) is 9.51. The van der Waals surface area contributed by atoms with Crippen LogP contribution < -0.4 is 5.73 Å². The van der Waals surface area contributed by atoms with Gasteiger partial charge in [-0.2, -0.15) is 0 Å². The lowest BCUT2D eigenvalue weighted by Gasteiger charge is -2.02. The highest BCUT2D eigenvalue weighted by Crippen LogP contribution is 2.25. The molecule has 15 heavy (non-hydrogen) atoms. The van der Waals surface area contributed by atoms with Gasteiger partial charge in [0.15, 0.2) is 0 Å². The Balaban J connectivity index is 2.68. The monoisotopic (exact) mass is 223 g/mol. The van der Waals surface area contributed by atoms with Gasteiger partial charge >= 0.3 is 5.97 Å². The van der Waals surface area contributed by atoms with Crippen LogP contribution >= 0.6 is 11.8 Å². The number of anilines is 1. The van der Waals surface area contributed by atoms with Crippen molar-refractivity contribution in [3.63, 3.8) is 0 Å². The molecule has 0 fully saturated rings. The van der Waals surface area contributed by atoms with Crippen molar-refractivity contribution in [1.29, 1.82) is 0 Å². The van der Waals surface area contributed by atoms with Crippen molar-refractivity contribution in [3.05, 3.63) is 35.2 Å². The van der Waals surface area contributed by atoms with Gasteiger partial charge in [-0.05, 0) is 30.0 Å². The van der Waals surface area contributed by atoms with Crippen molar-refractivity contribution < 1.29 is 9.53 Å². The molecule has 0 aliphatic carbocycles. The third kappa shape index (κ3) is 3.67. The summed E-state index contributed by atoms with van der Waals surface area (Å²) in [6.07, 6.45) is 1.38. The van der Waals surface area contributed by atoms with E-state index in [4.69, 9.17) is 5.73 Å². The molecule has 0 atom stereocenters. The average Bonchev–Trinajstić information content (AvgIpc) is 2.23. The molecule has 0 aromatic heterocycles. The molecule has 1 aromatic rings. The van der Waals surface area contributed by atoms with Gasteiger partial charge in [0.05, 0.1) is 7.11 Å². The highest BCUT2D eigenvalue weighted by molar-refractivity contribution is 8.02. The first kappa shape index (κ1) is 11.7. The summed E-state index contributed by atoms with van der Waals surface area (Å²) in [4.78, 5) is 11.8. The van der Waals surface area contributed by atoms with Crippen molar-refractivity contribution in [1.82, 2.24) is 0 Å². The SMILES string of the molecule is COC(=O)C=CSc1cc(N)ccc1C. The van der Waals surface area contributed by atoms with E-state index in [9.17, 15) is 4.79 Å². The molecular formula is C11H13NO2S. The molecule has 0 aliphatic heterocycles. The number of carbonyl (C=O) groups is 1. The molecule has 0 saturated heterocycles. The molecule has 0 amide bonds. The zero-order chi connectivity index (χ0) is 11.3. The fourth-order valence-corrected chi connectivity index (χ4v) is 1.76. The first-order valence-corrected chi connectivity index (χ1v) is 5.28. The Kier molecular flexibility index (Phi) is 4.24. The lowest BCUT2D eigenvalue weighted by atomic mass is 10.2. The van der Waals surface area contributed by atoms with Crippen molar-refractivity contribution in [2.24, 2.45) is 0 Å². The van der Waals surface area contributed by atoms with Gasteiger partial charge in [0.25, 0.3) is 0 Å². The predicted molar refractivity (Wildman–Crippen MR) is 62.6 cm³/mol. The molecule has 0 spiro atoms. The molecule has 0 bridgehead atoms. The van der Waals surface area contributed by atoms with Gasteiger partial charge in [-0.1, -0.05) is 17.8 Å². The maximum Gasteiger partial charge on any atom is 0.330 e. The Morgan fingerprint density at radius 2 is 2.27 bits per heavy atom. The molecule has 0 aliphatic rings. The number of aryl methyl sites for hydroxylation is 1. The van der Waals surface area contributed by atoms with Crippen LogP contribution in [0, 0.1) is 6.92 Å². The Morgan fingerprint density at radius 1 is 1.53 bits per heavy atom. The molecule has 1 rings (SSSR count). The maximum atomic E-state index is 10.8. The third-order valence-corrected chi connectivity index (χ3v) is 2.78. The highest BCUT2D eigenvalue weighted by atomic mass is 32.2. The number of nitrogen functional groups attached to an aromatic ring is 1. The number of hydrogen-bond donors (Lipinski definition) is 1. The second-order valence-electron chi connectivity index (χ2n) is 2.97. The number of hydrogen-bond acceptors (Lipinski definition) is 4. The molecule has 0 unspecified atom stereocenters. The maximum absolute atomic E-state index is 10.8. The summed E-state index contributed by atoms with van der Waals surface area (Å²) < 4.78 is 4.48. The van der Waals surface area contributed by atoms with Crippen molar-refractivity contribution in [3.8, 4) is 0 Å². The van der Waals surface area contributed by atoms with Crippen LogP contribution in [0.2, 0.25) is 0 Å². The van der Waals surface area contributed by atoms with E-state index in [0.717, 1.165) is 16.1 Å². The Hall–Kier alpha value is -1.42. The van der Waals surface area contributed by atoms with E-state index in [1.165, 1.54) is 24.9 Å². The van der Waals surface area contributed by atoms with E-state index < -0.39 is 0 Å². The van der Waals surface area contributed by atoms with Gasteiger partial charge in [0, 0.05) is 16.7 Å². The fourth-order valence-electron chi connectivity index (χ4n) is 0.975. The lowest BCUT2D eigenvalue weighted by Crippen LogP contribution is -1.92. The molecule has 0 heterocycles. The van der Waals surface area contributed by atoms with E-state index >= 15 is 0 Å². The van der Waals surface area contributed by atoms with Crippen LogP contribution in [0.5, 0.6) is 0 Å². The van der Waals surface area contributed by atoms with Gasteiger partial charge in [0.1, 0.15) is 0 Å². The Labute approximate surface area is 93.3 Å². The van der Waals surface area contributed by atoms with E-state index in [0.29, 0.717) is 0 Å². The van der Waals surface area contributed by atoms with Gasteiger partial charge in [0.2, 0.25) is 0 Å². The average molecular weight is 223 g/mol. The molecule has 0 saturated carbocycles. The Morgan fingerprint density at radius 3 is 2.93 bits per heavy atom. The first-order chi connectivity index (χ1) is 7.13. The molecule has 1 aromatic carbocycles. The summed E-state index contributed by atoms with van der Waals surface area (Å²) in [7, 11) is 1.35. The summed E-state index contributed by atoms with van der Waals surface area (Å²) in [5.74, 6) is -0.357. The first-order valence-electron chi connectivity index (χ1n) is 4.41. The fraction of sp³-hybridized carbons (Fsp3) is 0.182. The van der Waals surface area contributed by atoms with Gasteiger partial charge < -0.3 is 10.5 Å². The molecule has 4 heteroatoms. The van der Waals surface area contributed by atoms with Crippen LogP contribution in [0.25, 0.3) is 0 Å². The second-order valence-corrected chi connectivity index (χ2v) is 3.92. The number of methoxy groups -OCH3 is 1. The zero-order valence-electron chi connectivity index (χ0n) is 8.69. The summed E-state index contributed by atoms with van der Waals surface area (Å²) in [6, 6.07) is 5.68. The number of carbonyl (C=O) groups excluding carboxylic acids is 1. The largest absolute Gasteiger partial charge is 0.466 e. The number of benzene rings is 1. The minimum Gasteiger partial charge on any atom is -0.466 e. The summed E-state index contributed by atoms with van der Waals surface area (Å²) in [5, 5.41) is 1.69. The predicted octanol–water partition coefficient (Wildman–Crippen LogP) is 2.36. The van der Waals surface area contributed by atoms with Crippen LogP contribution in [0.15, 0.2) is 34.6 Å². The topological polar surface area (TPSA) is 52.3 Å². The minimum atomic E-state index is -0.357. The molecule has 3 nitrogen and oxygen atoms in total. The van der Waals surface area contributed by atoms with E-state index in [1.807, 2.05) is 25.1 Å². The van der Waals surface area contributed by atoms with Crippen molar-refractivity contribution in [2.75, 3.05) is 12.8 Å². The summed E-state index contributed by atoms with van der Waals surface area (Å²) in [6.45, 7) is 1.99. The van der Waals surface area contributed by atoms with Crippen molar-refractivity contribution >= 4 is 23.4 Å². The highest BCUT2D eigenvalue weighted by Gasteiger charge is 1.98. The second kappa shape index (κ2) is 5.46. The number of nitrogens with two attached hydrogens (primary N) is 1. The van der Waals surface area contributed by atoms with Gasteiger partial charge in [-0.25, -0.2) is 4.79 Å². The van der Waals surface area contributed by atoms with E-state index in [2.05, 4.69) is 4.74 Å². The summed E-state index contributed by atoms with van der Waals surface area (Å²) in [5.41, 5.74) is 7.50. The van der Waals surface area contributed by atoms with Gasteiger partial charge in [-0.3, -0.25) is 0 Å². The number of ether oxygens (including phenoxy) is 1. The van der Waals surface area contributed by atoms with E-state index in [-0.39, 0.29) is 5.97 Å². The smallest absolute Gasteiger partial charge is 0.330 e. The lowest BCUT2D eigenvalue weighted by molar-refractivity contribution is -0.134. The van der Waals surface area contributed by atoms with E-state index in [1.54, 1.807) is 5.41 Å².